The summed E-state index contributed by atoms with van der Waals surface area (Å²) in [6.45, 7) is 13.8. The Kier molecular flexibility index (Phi) is 33.8. The van der Waals surface area contributed by atoms with E-state index >= 15 is 0 Å². The van der Waals surface area contributed by atoms with Crippen LogP contribution in [0.5, 0.6) is 0 Å². The Hall–Kier alpha value is -12.2. The highest BCUT2D eigenvalue weighted by Gasteiger charge is 2.55. The van der Waals surface area contributed by atoms with Crippen molar-refractivity contribution in [3.63, 3.8) is 0 Å². The number of oxime groups is 1. The summed E-state index contributed by atoms with van der Waals surface area (Å²) in [5, 5.41) is 71.6. The molecule has 9 aromatic rings. The molecule has 12 atom stereocenters. The molecule has 0 radical (unpaired) electrons. The van der Waals surface area contributed by atoms with Crippen LogP contribution in [0, 0.1) is 0 Å². The minimum atomic E-state index is -1.85. The van der Waals surface area contributed by atoms with Crippen LogP contribution >= 0.6 is 0 Å². The number of likely N-dealkylation sites (tertiary alicyclic amines) is 4. The van der Waals surface area contributed by atoms with Gasteiger partial charge in [-0.25, -0.2) is 4.79 Å². The lowest BCUT2D eigenvalue weighted by Crippen LogP contribution is -2.50. The van der Waals surface area contributed by atoms with Crippen molar-refractivity contribution in [3.05, 3.63) is 292 Å². The first-order chi connectivity index (χ1) is 62.5. The Morgan fingerprint density at radius 1 is 0.423 bits per heavy atom. The van der Waals surface area contributed by atoms with Gasteiger partial charge >= 0.3 is 5.97 Å². The summed E-state index contributed by atoms with van der Waals surface area (Å²) in [6.07, 6.45) is -0.413. The van der Waals surface area contributed by atoms with E-state index in [-0.39, 0.29) is 74.1 Å². The summed E-state index contributed by atoms with van der Waals surface area (Å²) in [5.74, 6) is -7.30. The van der Waals surface area contributed by atoms with Gasteiger partial charge in [0.1, 0.15) is 12.0 Å². The van der Waals surface area contributed by atoms with Crippen LogP contribution in [0.2, 0.25) is 0 Å². The predicted molar refractivity (Wildman–Crippen MR) is 478 cm³/mol. The number of rotatable bonds is 24. The quantitative estimate of drug-likeness (QED) is 0.0153. The molecular weight excluding hydrogens is 1670 g/mol. The van der Waals surface area contributed by atoms with Crippen LogP contribution in [-0.2, 0) is 106 Å². The molecule has 1 aromatic heterocycles. The molecule has 7 fully saturated rings. The summed E-state index contributed by atoms with van der Waals surface area (Å²) in [7, 11) is 0. The Morgan fingerprint density at radius 2 is 0.746 bits per heavy atom. The van der Waals surface area contributed by atoms with Crippen molar-refractivity contribution >= 4 is 53.5 Å². The third-order valence-corrected chi connectivity index (χ3v) is 23.4. The van der Waals surface area contributed by atoms with Gasteiger partial charge in [-0.05, 0) is 154 Å². The van der Waals surface area contributed by atoms with Crippen molar-refractivity contribution in [1.29, 1.82) is 0 Å². The Labute approximate surface area is 755 Å². The number of benzene rings is 8. The molecule has 7 saturated heterocycles. The summed E-state index contributed by atoms with van der Waals surface area (Å²) in [6, 6.07) is 70.1. The number of nitrogens with one attached hydrogen (secondary N) is 3. The van der Waals surface area contributed by atoms with Gasteiger partial charge in [0.05, 0.1) is 43.6 Å². The van der Waals surface area contributed by atoms with Gasteiger partial charge in [0.25, 0.3) is 41.4 Å². The number of aliphatic carboxylic acids is 1. The molecule has 7 amide bonds. The number of aromatic nitrogens is 1. The van der Waals surface area contributed by atoms with Crippen LogP contribution in [0.25, 0.3) is 11.3 Å². The topological polar surface area (TPSA) is 427 Å². The molecule has 16 rings (SSSR count). The lowest BCUT2D eigenvalue weighted by atomic mass is 10.0. The van der Waals surface area contributed by atoms with Gasteiger partial charge in [-0.15, -0.1) is 0 Å². The van der Waals surface area contributed by atoms with Gasteiger partial charge in [-0.2, -0.15) is 0 Å². The van der Waals surface area contributed by atoms with Gasteiger partial charge in [0, 0.05) is 64.0 Å². The van der Waals surface area contributed by atoms with Crippen LogP contribution in [0.4, 0.5) is 0 Å². The molecule has 0 bridgehead atoms. The van der Waals surface area contributed by atoms with Gasteiger partial charge in [0.2, 0.25) is 0 Å². The van der Waals surface area contributed by atoms with E-state index in [0.717, 1.165) is 118 Å². The number of nitrogens with two attached hydrogens (primary N) is 1. The maximum absolute atomic E-state index is 13.5. The fourth-order valence-electron chi connectivity index (χ4n) is 16.9. The molecule has 7 aliphatic rings. The molecular formula is C99H116N10O21. The lowest BCUT2D eigenvalue weighted by Gasteiger charge is -2.28. The van der Waals surface area contributed by atoms with E-state index in [9.17, 15) is 53.7 Å². The van der Waals surface area contributed by atoms with Gasteiger partial charge in [0.15, 0.2) is 66.2 Å². The standard InChI is InChI=1S/C25H29N3O5.C25H30N2O5.C24H25N3O5.C17H21NO5.C8H11NO/c1-25(2)32-21(23(29)26-15-17-10-12-18(13-11-17)16-27-31)22(33-25)24(30)28-14-6-9-20(28)19-7-4-3-5-8-19;1-25(2)31-21(23(29)26-15-17-10-12-18(16-28)13-11-17)22(32-25)24(30)27-14-6-9-20(27)19-7-4-3-5-8-19;28-21(22(29)24(31)27-13-4-7-20(27)18-5-2-1-3-6-18)23(30)25-15-16-8-10-17(11-9-16)19-12-14-32-26-19;1-17(2)22-13(14(23-17)16(20)21)15(19)18-10-6-9-12(18)11-7-4-3-5-8-11;9-5-7-1-3-8(6-10)4-2-7/h3-5,7-8,10-13,16,20-22,31H,6,9,14-15H2,1-2H3,(H,26,29);3-5,7-8,10-13,20-22,28H,6,9,14-16H2,1-2H3,(H,26,29);1-3,5-6,8-12,14,20-22,28-29H,4,7,13,15H2,(H,25,30);3-5,7-8,12-14H,6,9-10H2,1-2H3,(H,20,21);1-4,10H,5-6,9H2/b27-16-;;;;/t3*20-,21-,22-;12-,13-,14-;/m1111./s1. The van der Waals surface area contributed by atoms with Gasteiger partial charge < -0.3 is 105 Å². The largest absolute Gasteiger partial charge is 0.479 e. The fourth-order valence-corrected chi connectivity index (χ4v) is 16.9. The van der Waals surface area contributed by atoms with Gasteiger partial charge in [-0.1, -0.05) is 229 Å². The number of aliphatic hydroxyl groups is 4. The van der Waals surface area contributed by atoms with Crippen LogP contribution in [0.15, 0.2) is 240 Å². The maximum atomic E-state index is 13.5. The number of carboxylic acid groups (broad SMARTS) is 1. The minimum Gasteiger partial charge on any atom is -0.479 e. The number of hydrogen-bond acceptors (Lipinski definition) is 23. The van der Waals surface area contributed by atoms with E-state index in [1.807, 2.05) is 216 Å². The second kappa shape index (κ2) is 45.3. The van der Waals surface area contributed by atoms with Gasteiger partial charge in [-0.3, -0.25) is 33.6 Å². The SMILES string of the molecule is CC1(C)O[C@@H](C(=O)NCc2ccc(/C=N\O)cc2)[C@H](C(=O)N2CCC[C@@H]2c2ccccc2)O1.CC1(C)O[C@@H](C(=O)NCc2ccc(CO)cc2)[C@H](C(=O)N2CCC[C@@H]2c2ccccc2)O1.CC1(C)O[C@@H](C(=O)O)[C@H](C(=O)N2CCC[C@@H]2c2ccccc2)O1.NCc1ccc(CO)cc1.O=C(NCc1ccc(-c2ccon2)cc1)[C@H](O)[C@@H](O)C(=O)N1CCC[C@@H]1c1ccccc1. The third-order valence-electron chi connectivity index (χ3n) is 23.4. The zero-order valence-electron chi connectivity index (χ0n) is 73.7. The lowest BCUT2D eigenvalue weighted by molar-refractivity contribution is -0.168. The number of aliphatic hydroxyl groups excluding tert-OH is 4. The number of ether oxygens (including phenoxy) is 6. The third kappa shape index (κ3) is 25.4. The molecule has 8 aromatic carbocycles. The average molecular weight is 1780 g/mol. The molecule has 7 aliphatic heterocycles. The molecule has 11 N–H and O–H groups in total. The first kappa shape index (κ1) is 96.8. The number of amides is 7. The molecule has 0 aliphatic carbocycles. The monoisotopic (exact) mass is 1780 g/mol. The second-order valence-corrected chi connectivity index (χ2v) is 33.9. The normalized spacial score (nSPS) is 22.5. The summed E-state index contributed by atoms with van der Waals surface area (Å²) < 4.78 is 39.3. The highest BCUT2D eigenvalue weighted by molar-refractivity contribution is 5.94. The van der Waals surface area contributed by atoms with Crippen molar-refractivity contribution in [3.8, 4) is 11.3 Å². The molecule has 31 nitrogen and oxygen atoms in total. The zero-order valence-corrected chi connectivity index (χ0v) is 73.7. The van der Waals surface area contributed by atoms with Crippen molar-refractivity contribution in [2.45, 2.75) is 223 Å². The first-order valence-corrected chi connectivity index (χ1v) is 43.8. The van der Waals surface area contributed by atoms with E-state index in [4.69, 9.17) is 54.1 Å². The van der Waals surface area contributed by atoms with E-state index < -0.39 is 89.9 Å². The van der Waals surface area contributed by atoms with E-state index in [1.54, 1.807) is 69.5 Å². The predicted octanol–water partition coefficient (Wildman–Crippen LogP) is 10.3. The van der Waals surface area contributed by atoms with E-state index in [1.165, 1.54) is 12.5 Å². The van der Waals surface area contributed by atoms with Crippen molar-refractivity contribution < 1.29 is 102 Å². The Bertz CT molecular complexity index is 5190. The summed E-state index contributed by atoms with van der Waals surface area (Å²) >= 11 is 0. The van der Waals surface area contributed by atoms with Crippen molar-refractivity contribution in [1.82, 2.24) is 40.7 Å². The minimum absolute atomic E-state index is 0.0234. The fraction of sp³-hybridized carbons (Fsp3) is 0.394. The van der Waals surface area contributed by atoms with Crippen LogP contribution < -0.4 is 21.7 Å². The number of carboxylic acids is 1. The number of nitrogens with zero attached hydrogens (tertiary/aromatic N) is 6. The average Bonchev–Trinajstić information content (AvgIpc) is 1.64. The van der Waals surface area contributed by atoms with Crippen LogP contribution in [0.1, 0.15) is 178 Å². The molecule has 0 unspecified atom stereocenters. The molecule has 130 heavy (non-hydrogen) atoms. The Balaban J connectivity index is 0.000000152. The zero-order chi connectivity index (χ0) is 92.7. The molecule has 688 valence electrons. The summed E-state index contributed by atoms with van der Waals surface area (Å²) in [5.41, 5.74) is 17.3. The number of carbonyl (C=O) groups excluding carboxylic acids is 7. The molecule has 31 heteroatoms. The smallest absolute Gasteiger partial charge is 0.336 e. The first-order valence-electron chi connectivity index (χ1n) is 43.8. The van der Waals surface area contributed by atoms with Crippen molar-refractivity contribution in [2.24, 2.45) is 10.9 Å². The van der Waals surface area contributed by atoms with E-state index in [2.05, 4.69) is 26.3 Å². The summed E-state index contributed by atoms with van der Waals surface area (Å²) in [4.78, 5) is 109. The van der Waals surface area contributed by atoms with Crippen LogP contribution in [-0.4, -0.2) is 201 Å². The van der Waals surface area contributed by atoms with Crippen molar-refractivity contribution in [2.75, 3.05) is 26.2 Å². The number of carbonyl (C=O) groups is 8. The molecule has 0 spiro atoms. The molecule has 8 heterocycles. The van der Waals surface area contributed by atoms with E-state index in [0.29, 0.717) is 45.0 Å². The number of hydrogen-bond donors (Lipinski definition) is 10. The highest BCUT2D eigenvalue weighted by atomic mass is 16.8. The Morgan fingerprint density at radius 3 is 1.10 bits per heavy atom. The maximum Gasteiger partial charge on any atom is 0.336 e. The van der Waals surface area contributed by atoms with Crippen LogP contribution in [0.3, 0.4) is 0 Å². The second-order valence-electron chi connectivity index (χ2n) is 33.9. The highest BCUT2D eigenvalue weighted by Crippen LogP contribution is 2.41. The molecule has 0 saturated carbocycles.